The number of likely N-dealkylation sites (tertiary alicyclic amines) is 1. The molecule has 0 aliphatic carbocycles. The number of unbranched alkanes of at least 4 members (excludes halogenated alkanes) is 2. The molecule has 0 radical (unpaired) electrons. The number of amides is 1. The summed E-state index contributed by atoms with van der Waals surface area (Å²) in [6.45, 7) is 4.29. The van der Waals surface area contributed by atoms with E-state index in [1.807, 2.05) is 0 Å². The molecule has 0 aromatic rings. The molecule has 1 fully saturated rings. The second-order valence-electron chi connectivity index (χ2n) is 4.16. The Balaban J connectivity index is 2.34. The van der Waals surface area contributed by atoms with Crippen LogP contribution >= 0.6 is 0 Å². The second-order valence-corrected chi connectivity index (χ2v) is 4.16. The Morgan fingerprint density at radius 3 is 2.86 bits per heavy atom. The summed E-state index contributed by atoms with van der Waals surface area (Å²) < 4.78 is 0. The van der Waals surface area contributed by atoms with Gasteiger partial charge in [0, 0.05) is 0 Å². The van der Waals surface area contributed by atoms with Gasteiger partial charge in [0.1, 0.15) is 0 Å². The minimum atomic E-state index is -0.138. The first-order chi connectivity index (χ1) is 6.75. The van der Waals surface area contributed by atoms with Gasteiger partial charge in [0.2, 0.25) is 5.91 Å². The van der Waals surface area contributed by atoms with E-state index in [9.17, 15) is 4.79 Å². The number of hydrogen-bond donors (Lipinski definition) is 1. The van der Waals surface area contributed by atoms with Gasteiger partial charge in [-0.2, -0.15) is 0 Å². The summed E-state index contributed by atoms with van der Waals surface area (Å²) in [7, 11) is 0. The van der Waals surface area contributed by atoms with Crippen LogP contribution in [0.4, 0.5) is 0 Å². The first-order valence-electron chi connectivity index (χ1n) is 5.79. The molecule has 1 heterocycles. The Bertz CT molecular complexity index is 182. The Labute approximate surface area is 86.6 Å². The third-order valence-electron chi connectivity index (χ3n) is 2.99. The summed E-state index contributed by atoms with van der Waals surface area (Å²) in [5.74, 6) is -0.138. The van der Waals surface area contributed by atoms with Gasteiger partial charge >= 0.3 is 0 Å². The van der Waals surface area contributed by atoms with Crippen LogP contribution in [0.1, 0.15) is 45.4 Å². The van der Waals surface area contributed by atoms with Gasteiger partial charge in [-0.15, -0.1) is 0 Å². The standard InChI is InChI=1S/C11H22N2O/c1-2-3-5-8-13-9-6-4-7-10(13)11(12)14/h10H,2-9H2,1H3,(H2,12,14). The van der Waals surface area contributed by atoms with E-state index in [0.29, 0.717) is 0 Å². The average Bonchev–Trinajstić information content (AvgIpc) is 2.19. The maximum absolute atomic E-state index is 11.2. The van der Waals surface area contributed by atoms with E-state index in [1.54, 1.807) is 0 Å². The third kappa shape index (κ3) is 3.29. The number of piperidine rings is 1. The van der Waals surface area contributed by atoms with E-state index in [2.05, 4.69) is 11.8 Å². The van der Waals surface area contributed by atoms with Gasteiger partial charge in [0.15, 0.2) is 0 Å². The quantitative estimate of drug-likeness (QED) is 0.681. The van der Waals surface area contributed by atoms with Crippen LogP contribution in [0, 0.1) is 0 Å². The molecule has 1 saturated heterocycles. The Kier molecular flexibility index (Phi) is 4.94. The topological polar surface area (TPSA) is 46.3 Å². The number of nitrogens with two attached hydrogens (primary N) is 1. The zero-order valence-electron chi connectivity index (χ0n) is 9.17. The highest BCUT2D eigenvalue weighted by molar-refractivity contribution is 5.79. The third-order valence-corrected chi connectivity index (χ3v) is 2.99. The Morgan fingerprint density at radius 1 is 1.43 bits per heavy atom. The van der Waals surface area contributed by atoms with Crippen molar-refractivity contribution in [1.82, 2.24) is 4.90 Å². The van der Waals surface area contributed by atoms with E-state index >= 15 is 0 Å². The minimum Gasteiger partial charge on any atom is -0.368 e. The largest absolute Gasteiger partial charge is 0.368 e. The van der Waals surface area contributed by atoms with Gasteiger partial charge in [0.25, 0.3) is 0 Å². The molecule has 1 amide bonds. The molecule has 3 nitrogen and oxygen atoms in total. The molecule has 1 rings (SSSR count). The lowest BCUT2D eigenvalue weighted by Gasteiger charge is -2.33. The fourth-order valence-corrected chi connectivity index (χ4v) is 2.15. The lowest BCUT2D eigenvalue weighted by molar-refractivity contribution is -0.124. The van der Waals surface area contributed by atoms with E-state index < -0.39 is 0 Å². The number of rotatable bonds is 5. The summed E-state index contributed by atoms with van der Waals surface area (Å²) >= 11 is 0. The van der Waals surface area contributed by atoms with Crippen molar-refractivity contribution in [2.24, 2.45) is 5.73 Å². The molecule has 82 valence electrons. The molecule has 1 aliphatic rings. The van der Waals surface area contributed by atoms with Crippen molar-refractivity contribution in [3.8, 4) is 0 Å². The number of primary amides is 1. The molecular weight excluding hydrogens is 176 g/mol. The average molecular weight is 198 g/mol. The zero-order chi connectivity index (χ0) is 10.4. The lowest BCUT2D eigenvalue weighted by Crippen LogP contribution is -2.47. The van der Waals surface area contributed by atoms with Crippen LogP contribution in [0.25, 0.3) is 0 Å². The molecule has 2 N–H and O–H groups in total. The van der Waals surface area contributed by atoms with E-state index in [4.69, 9.17) is 5.73 Å². The molecule has 0 saturated carbocycles. The van der Waals surface area contributed by atoms with Gasteiger partial charge < -0.3 is 5.73 Å². The normalized spacial score (nSPS) is 23.6. The molecule has 1 aliphatic heterocycles. The van der Waals surface area contributed by atoms with Crippen molar-refractivity contribution in [2.45, 2.75) is 51.5 Å². The van der Waals surface area contributed by atoms with Crippen molar-refractivity contribution in [2.75, 3.05) is 13.1 Å². The molecule has 0 aromatic carbocycles. The number of carbonyl (C=O) groups is 1. The van der Waals surface area contributed by atoms with Crippen LogP contribution in [-0.4, -0.2) is 29.9 Å². The van der Waals surface area contributed by atoms with Gasteiger partial charge in [-0.3, -0.25) is 9.69 Å². The molecule has 0 spiro atoms. The molecule has 1 atom stereocenters. The first-order valence-corrected chi connectivity index (χ1v) is 5.79. The van der Waals surface area contributed by atoms with Crippen LogP contribution in [0.15, 0.2) is 0 Å². The van der Waals surface area contributed by atoms with Gasteiger partial charge in [0.05, 0.1) is 6.04 Å². The summed E-state index contributed by atoms with van der Waals surface area (Å²) in [5.41, 5.74) is 5.38. The zero-order valence-corrected chi connectivity index (χ0v) is 9.17. The minimum absolute atomic E-state index is 0.0145. The Morgan fingerprint density at radius 2 is 2.21 bits per heavy atom. The highest BCUT2D eigenvalue weighted by Crippen LogP contribution is 2.17. The van der Waals surface area contributed by atoms with Gasteiger partial charge in [-0.1, -0.05) is 26.2 Å². The smallest absolute Gasteiger partial charge is 0.234 e. The van der Waals surface area contributed by atoms with Gasteiger partial charge in [-0.05, 0) is 32.4 Å². The van der Waals surface area contributed by atoms with E-state index in [1.165, 1.54) is 25.7 Å². The molecule has 1 unspecified atom stereocenters. The summed E-state index contributed by atoms with van der Waals surface area (Å²) in [6, 6.07) is 0.0145. The molecular formula is C11H22N2O. The summed E-state index contributed by atoms with van der Waals surface area (Å²) in [4.78, 5) is 13.4. The number of carbonyl (C=O) groups excluding carboxylic acids is 1. The van der Waals surface area contributed by atoms with Crippen molar-refractivity contribution >= 4 is 5.91 Å². The van der Waals surface area contributed by atoms with Crippen molar-refractivity contribution in [3.63, 3.8) is 0 Å². The maximum atomic E-state index is 11.2. The number of nitrogens with zero attached hydrogens (tertiary/aromatic N) is 1. The van der Waals surface area contributed by atoms with Gasteiger partial charge in [-0.25, -0.2) is 0 Å². The fourth-order valence-electron chi connectivity index (χ4n) is 2.15. The molecule has 0 bridgehead atoms. The van der Waals surface area contributed by atoms with Crippen LogP contribution in [0.3, 0.4) is 0 Å². The van der Waals surface area contributed by atoms with Crippen molar-refractivity contribution in [3.05, 3.63) is 0 Å². The lowest BCUT2D eigenvalue weighted by atomic mass is 10.0. The predicted octanol–water partition coefficient (Wildman–Crippen LogP) is 1.52. The van der Waals surface area contributed by atoms with Crippen molar-refractivity contribution in [1.29, 1.82) is 0 Å². The SMILES string of the molecule is CCCCCN1CCCCC1C(N)=O. The maximum Gasteiger partial charge on any atom is 0.234 e. The molecule has 14 heavy (non-hydrogen) atoms. The van der Waals surface area contributed by atoms with Crippen LogP contribution in [-0.2, 0) is 4.79 Å². The Hall–Kier alpha value is -0.570. The number of hydrogen-bond acceptors (Lipinski definition) is 2. The molecule has 3 heteroatoms. The van der Waals surface area contributed by atoms with Crippen LogP contribution in [0.5, 0.6) is 0 Å². The second kappa shape index (κ2) is 6.02. The van der Waals surface area contributed by atoms with E-state index in [-0.39, 0.29) is 11.9 Å². The fraction of sp³-hybridized carbons (Fsp3) is 0.909. The summed E-state index contributed by atoms with van der Waals surface area (Å²) in [6.07, 6.45) is 7.01. The highest BCUT2D eigenvalue weighted by Gasteiger charge is 2.25. The predicted molar refractivity (Wildman–Crippen MR) is 57.9 cm³/mol. The van der Waals surface area contributed by atoms with Crippen LogP contribution in [0.2, 0.25) is 0 Å². The summed E-state index contributed by atoms with van der Waals surface area (Å²) in [5, 5.41) is 0. The van der Waals surface area contributed by atoms with Crippen LogP contribution < -0.4 is 5.73 Å². The molecule has 0 aromatic heterocycles. The van der Waals surface area contributed by atoms with Crippen molar-refractivity contribution < 1.29 is 4.79 Å². The first kappa shape index (κ1) is 11.5. The van der Waals surface area contributed by atoms with E-state index in [0.717, 1.165) is 25.9 Å². The monoisotopic (exact) mass is 198 g/mol. The highest BCUT2D eigenvalue weighted by atomic mass is 16.1.